The standard InChI is InChI=1S/3C15H17N.Ir/c3*1-15(2,3)13-9-5-4-8-12(13)14-10-6-7-11-16-14;/h3*4-11H,1-3H3;/q;;;+3. The summed E-state index contributed by atoms with van der Waals surface area (Å²) in [5.41, 5.74) is 11.3. The van der Waals surface area contributed by atoms with E-state index in [1.54, 1.807) is 0 Å². The summed E-state index contributed by atoms with van der Waals surface area (Å²) in [6, 6.07) is 43.6. The minimum atomic E-state index is 0. The van der Waals surface area contributed by atoms with Crippen LogP contribution in [0.1, 0.15) is 79.0 Å². The minimum absolute atomic E-state index is 0. The average Bonchev–Trinajstić information content (AvgIpc) is 3.09. The molecular formula is C45H51IrN3+3. The van der Waals surface area contributed by atoms with Crippen molar-refractivity contribution in [1.82, 2.24) is 15.0 Å². The molecule has 4 heteroatoms. The molecule has 0 aliphatic rings. The summed E-state index contributed by atoms with van der Waals surface area (Å²) >= 11 is 0. The van der Waals surface area contributed by atoms with Gasteiger partial charge in [0, 0.05) is 35.3 Å². The summed E-state index contributed by atoms with van der Waals surface area (Å²) in [7, 11) is 0. The van der Waals surface area contributed by atoms with Gasteiger partial charge in [-0.2, -0.15) is 0 Å². The fourth-order valence-corrected chi connectivity index (χ4v) is 5.65. The van der Waals surface area contributed by atoms with Crippen LogP contribution in [0.25, 0.3) is 33.8 Å². The van der Waals surface area contributed by atoms with Crippen molar-refractivity contribution in [2.24, 2.45) is 0 Å². The van der Waals surface area contributed by atoms with Crippen LogP contribution in [0.3, 0.4) is 0 Å². The van der Waals surface area contributed by atoms with E-state index in [4.69, 9.17) is 0 Å². The van der Waals surface area contributed by atoms with E-state index in [1.165, 1.54) is 33.4 Å². The second-order valence-corrected chi connectivity index (χ2v) is 15.0. The third-order valence-corrected chi connectivity index (χ3v) is 8.03. The predicted molar refractivity (Wildman–Crippen MR) is 205 cm³/mol. The van der Waals surface area contributed by atoms with Gasteiger partial charge in [-0.25, -0.2) is 0 Å². The van der Waals surface area contributed by atoms with Gasteiger partial charge in [-0.1, -0.05) is 153 Å². The van der Waals surface area contributed by atoms with Crippen LogP contribution < -0.4 is 0 Å². The fourth-order valence-electron chi connectivity index (χ4n) is 5.65. The molecule has 3 aromatic heterocycles. The van der Waals surface area contributed by atoms with E-state index in [0.717, 1.165) is 17.1 Å². The zero-order valence-electron chi connectivity index (χ0n) is 30.5. The third-order valence-electron chi connectivity index (χ3n) is 8.03. The molecule has 0 saturated carbocycles. The largest absolute Gasteiger partial charge is 3.00 e. The molecule has 3 nitrogen and oxygen atoms in total. The van der Waals surface area contributed by atoms with Gasteiger partial charge in [0.15, 0.2) is 0 Å². The van der Waals surface area contributed by atoms with Crippen molar-refractivity contribution >= 4 is 0 Å². The fraction of sp³-hybridized carbons (Fsp3) is 0.267. The van der Waals surface area contributed by atoms with E-state index in [2.05, 4.69) is 168 Å². The Hall–Kier alpha value is -4.24. The van der Waals surface area contributed by atoms with Gasteiger partial charge in [-0.05, 0) is 69.3 Å². The number of hydrogen-bond donors (Lipinski definition) is 0. The van der Waals surface area contributed by atoms with E-state index in [-0.39, 0.29) is 36.4 Å². The molecule has 0 N–H and O–H groups in total. The molecule has 49 heavy (non-hydrogen) atoms. The Morgan fingerprint density at radius 2 is 0.531 bits per heavy atom. The number of aromatic nitrogens is 3. The summed E-state index contributed by atoms with van der Waals surface area (Å²) in [5, 5.41) is 0. The van der Waals surface area contributed by atoms with Gasteiger partial charge >= 0.3 is 20.1 Å². The van der Waals surface area contributed by atoms with Gasteiger partial charge < -0.3 is 0 Å². The maximum atomic E-state index is 4.42. The Labute approximate surface area is 308 Å². The van der Waals surface area contributed by atoms with Crippen molar-refractivity contribution in [2.75, 3.05) is 0 Å². The van der Waals surface area contributed by atoms with Crippen molar-refractivity contribution in [3.8, 4) is 33.8 Å². The van der Waals surface area contributed by atoms with E-state index in [1.807, 2.05) is 55.0 Å². The zero-order valence-corrected chi connectivity index (χ0v) is 32.9. The summed E-state index contributed by atoms with van der Waals surface area (Å²) in [6.45, 7) is 20.1. The van der Waals surface area contributed by atoms with Crippen LogP contribution in [-0.2, 0) is 36.4 Å². The average molecular weight is 826 g/mol. The first-order chi connectivity index (χ1) is 22.8. The van der Waals surface area contributed by atoms with Crippen LogP contribution in [0.2, 0.25) is 0 Å². The van der Waals surface area contributed by atoms with Crippen LogP contribution in [0.4, 0.5) is 0 Å². The monoisotopic (exact) mass is 826 g/mol. The SMILES string of the molecule is CC(C)(C)c1ccccc1-c1ccccn1.CC(C)(C)c1ccccc1-c1ccccn1.CC(C)(C)c1ccccc1-c1ccccn1.[Ir+3]. The Kier molecular flexibility index (Phi) is 13.9. The first kappa shape index (κ1) is 39.2. The number of rotatable bonds is 3. The van der Waals surface area contributed by atoms with Crippen LogP contribution in [0.5, 0.6) is 0 Å². The Balaban J connectivity index is 0.000000197. The first-order valence-electron chi connectivity index (χ1n) is 16.8. The molecule has 3 heterocycles. The zero-order chi connectivity index (χ0) is 34.8. The predicted octanol–water partition coefficient (Wildman–Crippen LogP) is 12.1. The second-order valence-electron chi connectivity index (χ2n) is 15.0. The van der Waals surface area contributed by atoms with Gasteiger partial charge in [0.1, 0.15) is 0 Å². The topological polar surface area (TPSA) is 38.7 Å². The van der Waals surface area contributed by atoms with E-state index < -0.39 is 0 Å². The molecule has 0 bridgehead atoms. The number of nitrogens with zero attached hydrogens (tertiary/aromatic N) is 3. The van der Waals surface area contributed by atoms with Crippen LogP contribution in [0.15, 0.2) is 146 Å². The molecule has 6 rings (SSSR count). The van der Waals surface area contributed by atoms with Crippen molar-refractivity contribution in [1.29, 1.82) is 0 Å². The van der Waals surface area contributed by atoms with Crippen LogP contribution >= 0.6 is 0 Å². The Morgan fingerprint density at radius 1 is 0.306 bits per heavy atom. The maximum Gasteiger partial charge on any atom is 3.00 e. The molecule has 0 spiro atoms. The smallest absolute Gasteiger partial charge is 0.256 e. The van der Waals surface area contributed by atoms with Gasteiger partial charge in [0.25, 0.3) is 0 Å². The minimum Gasteiger partial charge on any atom is -0.256 e. The molecule has 0 radical (unpaired) electrons. The van der Waals surface area contributed by atoms with Gasteiger partial charge in [0.05, 0.1) is 17.1 Å². The first-order valence-corrected chi connectivity index (χ1v) is 16.8. The number of pyridine rings is 3. The molecule has 3 aromatic carbocycles. The molecule has 252 valence electrons. The van der Waals surface area contributed by atoms with Crippen molar-refractivity contribution in [2.45, 2.75) is 78.6 Å². The molecule has 0 saturated heterocycles. The Morgan fingerprint density at radius 3 is 0.735 bits per heavy atom. The van der Waals surface area contributed by atoms with Crippen LogP contribution in [0, 0.1) is 0 Å². The molecule has 0 atom stereocenters. The summed E-state index contributed by atoms with van der Waals surface area (Å²) in [6.07, 6.45) is 5.53. The van der Waals surface area contributed by atoms with Gasteiger partial charge in [-0.3, -0.25) is 15.0 Å². The Bertz CT molecular complexity index is 1630. The molecular weight excluding hydrogens is 775 g/mol. The van der Waals surface area contributed by atoms with E-state index in [9.17, 15) is 0 Å². The van der Waals surface area contributed by atoms with Crippen molar-refractivity contribution < 1.29 is 20.1 Å². The number of hydrogen-bond acceptors (Lipinski definition) is 3. The molecule has 0 aliphatic carbocycles. The molecule has 0 aliphatic heterocycles. The summed E-state index contributed by atoms with van der Waals surface area (Å²) < 4.78 is 0. The van der Waals surface area contributed by atoms with E-state index >= 15 is 0 Å². The third kappa shape index (κ3) is 11.1. The van der Waals surface area contributed by atoms with Gasteiger partial charge in [-0.15, -0.1) is 0 Å². The maximum absolute atomic E-state index is 4.42. The molecule has 0 amide bonds. The molecule has 0 fully saturated rings. The second kappa shape index (κ2) is 17.4. The summed E-state index contributed by atoms with van der Waals surface area (Å²) in [5.74, 6) is 0. The van der Waals surface area contributed by atoms with Crippen molar-refractivity contribution in [3.63, 3.8) is 0 Å². The normalized spacial score (nSPS) is 11.2. The molecule has 0 unspecified atom stereocenters. The quantitative estimate of drug-likeness (QED) is 0.178. The number of benzene rings is 3. The summed E-state index contributed by atoms with van der Waals surface area (Å²) in [4.78, 5) is 13.3. The van der Waals surface area contributed by atoms with Gasteiger partial charge in [0.2, 0.25) is 0 Å². The van der Waals surface area contributed by atoms with E-state index in [0.29, 0.717) is 0 Å². The van der Waals surface area contributed by atoms with Crippen molar-refractivity contribution in [3.05, 3.63) is 163 Å². The van der Waals surface area contributed by atoms with Crippen LogP contribution in [-0.4, -0.2) is 15.0 Å². The molecule has 6 aromatic rings.